The van der Waals surface area contributed by atoms with Gasteiger partial charge in [-0.2, -0.15) is 5.10 Å². The largest absolute Gasteiger partial charge is 0.467 e. The Morgan fingerprint density at radius 2 is 2.15 bits per heavy atom. The molecule has 1 aliphatic rings. The van der Waals surface area contributed by atoms with Gasteiger partial charge in [0.05, 0.1) is 25.3 Å². The molecular weight excluding hydrogens is 348 g/mol. The third-order valence-electron chi connectivity index (χ3n) is 4.46. The molecule has 138 valence electrons. The van der Waals surface area contributed by atoms with Gasteiger partial charge in [0.2, 0.25) is 0 Å². The molecule has 7 heteroatoms. The molecule has 3 aromatic heterocycles. The van der Waals surface area contributed by atoms with Gasteiger partial charge in [0.15, 0.2) is 11.6 Å². The molecule has 3 aromatic rings. The summed E-state index contributed by atoms with van der Waals surface area (Å²) >= 11 is 1.74. The SMILES string of the molecule is CCCn1nc(Cc2cccs2)nc1-c1coc(CN2CCOCC2)c1. The van der Waals surface area contributed by atoms with Crippen molar-refractivity contribution in [3.63, 3.8) is 0 Å². The summed E-state index contributed by atoms with van der Waals surface area (Å²) in [4.78, 5) is 8.43. The lowest BCUT2D eigenvalue weighted by Crippen LogP contribution is -2.35. The van der Waals surface area contributed by atoms with E-state index in [1.165, 1.54) is 4.88 Å². The van der Waals surface area contributed by atoms with Gasteiger partial charge in [-0.1, -0.05) is 13.0 Å². The lowest BCUT2D eigenvalue weighted by Gasteiger charge is -2.25. The molecule has 0 aliphatic carbocycles. The molecule has 0 N–H and O–H groups in total. The molecule has 0 radical (unpaired) electrons. The third-order valence-corrected chi connectivity index (χ3v) is 5.33. The zero-order valence-electron chi connectivity index (χ0n) is 15.1. The second-order valence-electron chi connectivity index (χ2n) is 6.52. The zero-order chi connectivity index (χ0) is 17.8. The zero-order valence-corrected chi connectivity index (χ0v) is 15.9. The molecule has 0 spiro atoms. The van der Waals surface area contributed by atoms with Crippen LogP contribution in [0.3, 0.4) is 0 Å². The van der Waals surface area contributed by atoms with Gasteiger partial charge in [-0.3, -0.25) is 4.90 Å². The van der Waals surface area contributed by atoms with Crippen molar-refractivity contribution in [2.45, 2.75) is 32.9 Å². The summed E-state index contributed by atoms with van der Waals surface area (Å²) in [6, 6.07) is 6.29. The lowest BCUT2D eigenvalue weighted by atomic mass is 10.2. The Bertz CT molecular complexity index is 819. The van der Waals surface area contributed by atoms with Gasteiger partial charge in [0.25, 0.3) is 0 Å². The number of thiophene rings is 1. The molecule has 1 fully saturated rings. The Labute approximate surface area is 157 Å². The van der Waals surface area contributed by atoms with Crippen molar-refractivity contribution in [1.82, 2.24) is 19.7 Å². The number of hydrogen-bond donors (Lipinski definition) is 0. The number of aryl methyl sites for hydroxylation is 1. The Balaban J connectivity index is 1.53. The Morgan fingerprint density at radius 3 is 2.92 bits per heavy atom. The van der Waals surface area contributed by atoms with E-state index >= 15 is 0 Å². The van der Waals surface area contributed by atoms with Crippen LogP contribution in [0.4, 0.5) is 0 Å². The summed E-state index contributed by atoms with van der Waals surface area (Å²) in [7, 11) is 0. The summed E-state index contributed by atoms with van der Waals surface area (Å²) in [6.45, 7) is 7.32. The van der Waals surface area contributed by atoms with Crippen LogP contribution in [-0.4, -0.2) is 46.0 Å². The number of nitrogens with zero attached hydrogens (tertiary/aromatic N) is 4. The van der Waals surface area contributed by atoms with Crippen LogP contribution in [0.1, 0.15) is 29.8 Å². The molecule has 4 heterocycles. The molecular formula is C19H24N4O2S. The van der Waals surface area contributed by atoms with Crippen LogP contribution in [-0.2, 0) is 24.2 Å². The average molecular weight is 372 g/mol. The molecule has 0 amide bonds. The fourth-order valence-corrected chi connectivity index (χ4v) is 3.88. The van der Waals surface area contributed by atoms with Gasteiger partial charge < -0.3 is 9.15 Å². The first-order valence-corrected chi connectivity index (χ1v) is 10.0. The first-order chi connectivity index (χ1) is 12.8. The standard InChI is InChI=1S/C19H24N4O2S/c1-2-5-23-19(20-18(21-23)12-17-4-3-10-26-17)15-11-16(25-14-15)13-22-6-8-24-9-7-22/h3-4,10-11,14H,2,5-9,12-13H2,1H3. The van der Waals surface area contributed by atoms with E-state index in [0.717, 1.165) is 75.2 Å². The summed E-state index contributed by atoms with van der Waals surface area (Å²) in [5.74, 6) is 2.73. The van der Waals surface area contributed by atoms with Gasteiger partial charge in [-0.15, -0.1) is 11.3 Å². The third kappa shape index (κ3) is 4.06. The predicted molar refractivity (Wildman–Crippen MR) is 101 cm³/mol. The molecule has 0 bridgehead atoms. The van der Waals surface area contributed by atoms with Crippen LogP contribution in [0.5, 0.6) is 0 Å². The predicted octanol–water partition coefficient (Wildman–Crippen LogP) is 3.43. The number of morpholine rings is 1. The fourth-order valence-electron chi connectivity index (χ4n) is 3.17. The minimum Gasteiger partial charge on any atom is -0.467 e. The van der Waals surface area contributed by atoms with Gasteiger partial charge in [0, 0.05) is 30.9 Å². The molecule has 0 unspecified atom stereocenters. The highest BCUT2D eigenvalue weighted by atomic mass is 32.1. The Kier molecular flexibility index (Phi) is 5.48. The Hall–Kier alpha value is -1.96. The van der Waals surface area contributed by atoms with Crippen molar-refractivity contribution >= 4 is 11.3 Å². The quantitative estimate of drug-likeness (QED) is 0.636. The van der Waals surface area contributed by atoms with Crippen LogP contribution >= 0.6 is 11.3 Å². The van der Waals surface area contributed by atoms with Crippen molar-refractivity contribution in [1.29, 1.82) is 0 Å². The van der Waals surface area contributed by atoms with E-state index in [2.05, 4.69) is 35.4 Å². The maximum atomic E-state index is 5.81. The van der Waals surface area contributed by atoms with Gasteiger partial charge in [-0.25, -0.2) is 9.67 Å². The maximum Gasteiger partial charge on any atom is 0.161 e. The Morgan fingerprint density at radius 1 is 1.27 bits per heavy atom. The average Bonchev–Trinajstić information content (AvgIpc) is 3.38. The second kappa shape index (κ2) is 8.16. The summed E-state index contributed by atoms with van der Waals surface area (Å²) in [5.41, 5.74) is 1.01. The summed E-state index contributed by atoms with van der Waals surface area (Å²) in [6.07, 6.45) is 3.61. The lowest BCUT2D eigenvalue weighted by molar-refractivity contribution is 0.0313. The minimum atomic E-state index is 0.778. The van der Waals surface area contributed by atoms with Gasteiger partial charge >= 0.3 is 0 Å². The summed E-state index contributed by atoms with van der Waals surface area (Å²) < 4.78 is 13.2. The number of rotatable bonds is 7. The van der Waals surface area contributed by atoms with Crippen molar-refractivity contribution in [3.05, 3.63) is 46.3 Å². The van der Waals surface area contributed by atoms with Gasteiger partial charge in [-0.05, 0) is 23.9 Å². The first kappa shape index (κ1) is 17.5. The molecule has 4 rings (SSSR count). The van der Waals surface area contributed by atoms with Crippen LogP contribution in [0.25, 0.3) is 11.4 Å². The van der Waals surface area contributed by atoms with Crippen LogP contribution in [0.15, 0.2) is 34.3 Å². The monoisotopic (exact) mass is 372 g/mol. The van der Waals surface area contributed by atoms with E-state index in [-0.39, 0.29) is 0 Å². The van der Waals surface area contributed by atoms with Crippen molar-refractivity contribution < 1.29 is 9.15 Å². The molecule has 1 saturated heterocycles. The molecule has 0 atom stereocenters. The van der Waals surface area contributed by atoms with Crippen LogP contribution < -0.4 is 0 Å². The molecule has 0 saturated carbocycles. The topological polar surface area (TPSA) is 56.3 Å². The molecule has 6 nitrogen and oxygen atoms in total. The number of furan rings is 1. The minimum absolute atomic E-state index is 0.778. The smallest absolute Gasteiger partial charge is 0.161 e. The summed E-state index contributed by atoms with van der Waals surface area (Å²) in [5, 5.41) is 6.81. The highest BCUT2D eigenvalue weighted by Crippen LogP contribution is 2.23. The van der Waals surface area contributed by atoms with Crippen molar-refractivity contribution in [3.8, 4) is 11.4 Å². The van der Waals surface area contributed by atoms with Crippen LogP contribution in [0.2, 0.25) is 0 Å². The van der Waals surface area contributed by atoms with Crippen LogP contribution in [0, 0.1) is 0 Å². The van der Waals surface area contributed by atoms with Crippen molar-refractivity contribution in [2.24, 2.45) is 0 Å². The fraction of sp³-hybridized carbons (Fsp3) is 0.474. The number of ether oxygens (including phenoxy) is 1. The van der Waals surface area contributed by atoms with Gasteiger partial charge in [0.1, 0.15) is 12.0 Å². The molecule has 0 aromatic carbocycles. The van der Waals surface area contributed by atoms with E-state index < -0.39 is 0 Å². The number of aromatic nitrogens is 3. The highest BCUT2D eigenvalue weighted by Gasteiger charge is 2.17. The highest BCUT2D eigenvalue weighted by molar-refractivity contribution is 7.09. The van der Waals surface area contributed by atoms with E-state index in [0.29, 0.717) is 0 Å². The van der Waals surface area contributed by atoms with E-state index in [1.54, 1.807) is 17.6 Å². The van der Waals surface area contributed by atoms with E-state index in [4.69, 9.17) is 19.2 Å². The second-order valence-corrected chi connectivity index (χ2v) is 7.55. The van der Waals surface area contributed by atoms with E-state index in [9.17, 15) is 0 Å². The molecule has 1 aliphatic heterocycles. The normalized spacial score (nSPS) is 15.6. The van der Waals surface area contributed by atoms with E-state index in [1.807, 2.05) is 4.68 Å². The molecule has 26 heavy (non-hydrogen) atoms. The maximum absolute atomic E-state index is 5.81. The first-order valence-electron chi connectivity index (χ1n) is 9.16. The van der Waals surface area contributed by atoms with Crippen molar-refractivity contribution in [2.75, 3.05) is 26.3 Å². The number of hydrogen-bond acceptors (Lipinski definition) is 6.